The van der Waals surface area contributed by atoms with Crippen LogP contribution in [-0.2, 0) is 0 Å². The fourth-order valence-corrected chi connectivity index (χ4v) is 2.83. The van der Waals surface area contributed by atoms with Crippen molar-refractivity contribution in [3.05, 3.63) is 88.7 Å². The van der Waals surface area contributed by atoms with Crippen molar-refractivity contribution >= 4 is 23.1 Å². The summed E-state index contributed by atoms with van der Waals surface area (Å²) in [7, 11) is 0. The van der Waals surface area contributed by atoms with Crippen molar-refractivity contribution in [2.75, 3.05) is 5.43 Å². The number of fused-ring (bicyclic) bond motifs is 1. The number of hydrogen-bond acceptors (Lipinski definition) is 6. The zero-order valence-electron chi connectivity index (χ0n) is 14.6. The van der Waals surface area contributed by atoms with E-state index in [0.29, 0.717) is 22.2 Å². The zero-order chi connectivity index (χ0) is 19.5. The quantitative estimate of drug-likeness (QED) is 0.377. The summed E-state index contributed by atoms with van der Waals surface area (Å²) >= 11 is 0. The van der Waals surface area contributed by atoms with Gasteiger partial charge in [0, 0.05) is 11.6 Å². The van der Waals surface area contributed by atoms with Crippen LogP contribution in [0.15, 0.2) is 82.7 Å². The van der Waals surface area contributed by atoms with Gasteiger partial charge in [-0.05, 0) is 36.4 Å². The van der Waals surface area contributed by atoms with Gasteiger partial charge in [0.05, 0.1) is 22.8 Å². The summed E-state index contributed by atoms with van der Waals surface area (Å²) in [6.45, 7) is 0. The Labute approximate surface area is 159 Å². The predicted octanol–water partition coefficient (Wildman–Crippen LogP) is 3.24. The third kappa shape index (κ3) is 3.28. The number of aromatic hydroxyl groups is 2. The first-order chi connectivity index (χ1) is 13.6. The van der Waals surface area contributed by atoms with E-state index in [0.717, 1.165) is 0 Å². The van der Waals surface area contributed by atoms with Crippen molar-refractivity contribution in [2.24, 2.45) is 5.10 Å². The van der Waals surface area contributed by atoms with Crippen molar-refractivity contribution in [2.45, 2.75) is 0 Å². The van der Waals surface area contributed by atoms with Crippen LogP contribution in [0.2, 0.25) is 0 Å². The van der Waals surface area contributed by atoms with Crippen molar-refractivity contribution < 1.29 is 10.2 Å². The van der Waals surface area contributed by atoms with E-state index in [1.807, 2.05) is 24.3 Å². The first-order valence-corrected chi connectivity index (χ1v) is 8.52. The molecule has 0 bridgehead atoms. The molecule has 0 spiro atoms. The molecule has 0 saturated heterocycles. The van der Waals surface area contributed by atoms with Crippen molar-refractivity contribution in [3.8, 4) is 17.2 Å². The van der Waals surface area contributed by atoms with Crippen LogP contribution < -0.4 is 11.0 Å². The number of nitrogens with one attached hydrogen (secondary N) is 1. The van der Waals surface area contributed by atoms with Gasteiger partial charge in [0.1, 0.15) is 11.5 Å². The molecule has 0 saturated carbocycles. The van der Waals surface area contributed by atoms with E-state index in [1.165, 1.54) is 29.0 Å². The molecule has 1 aromatic heterocycles. The number of aromatic nitrogens is 2. The highest BCUT2D eigenvalue weighted by molar-refractivity contribution is 5.84. The number of hydrazone groups is 1. The highest BCUT2D eigenvalue weighted by Crippen LogP contribution is 2.21. The number of anilines is 1. The SMILES string of the molecule is O=c1c2ccccc2nc(NN=Cc2ccc(O)cc2O)n1-c1ccccc1. The molecule has 0 aliphatic rings. The average molecular weight is 372 g/mol. The van der Waals surface area contributed by atoms with Crippen LogP contribution in [-0.4, -0.2) is 26.0 Å². The number of para-hydroxylation sites is 2. The van der Waals surface area contributed by atoms with Gasteiger partial charge in [-0.15, -0.1) is 0 Å². The van der Waals surface area contributed by atoms with Gasteiger partial charge in [-0.1, -0.05) is 30.3 Å². The Balaban J connectivity index is 1.79. The molecule has 3 aromatic carbocycles. The van der Waals surface area contributed by atoms with E-state index < -0.39 is 0 Å². The number of nitrogens with zero attached hydrogens (tertiary/aromatic N) is 3. The summed E-state index contributed by atoms with van der Waals surface area (Å²) in [4.78, 5) is 17.6. The van der Waals surface area contributed by atoms with Crippen LogP contribution >= 0.6 is 0 Å². The third-order valence-corrected chi connectivity index (χ3v) is 4.17. The molecule has 7 heteroatoms. The van der Waals surface area contributed by atoms with Gasteiger partial charge < -0.3 is 10.2 Å². The maximum Gasteiger partial charge on any atom is 0.267 e. The van der Waals surface area contributed by atoms with Crippen LogP contribution in [0.25, 0.3) is 16.6 Å². The Bertz CT molecular complexity index is 1230. The summed E-state index contributed by atoms with van der Waals surface area (Å²) in [6.07, 6.45) is 1.38. The molecular formula is C21H16N4O3. The van der Waals surface area contributed by atoms with E-state index in [9.17, 15) is 15.0 Å². The average Bonchev–Trinajstić information content (AvgIpc) is 2.70. The fraction of sp³-hybridized carbons (Fsp3) is 0. The van der Waals surface area contributed by atoms with Crippen molar-refractivity contribution in [3.63, 3.8) is 0 Å². The Morgan fingerprint density at radius 3 is 2.50 bits per heavy atom. The van der Waals surface area contributed by atoms with E-state index in [1.54, 1.807) is 30.3 Å². The topological polar surface area (TPSA) is 99.7 Å². The first kappa shape index (κ1) is 17.3. The Hall–Kier alpha value is -4.13. The van der Waals surface area contributed by atoms with Gasteiger partial charge in [0.15, 0.2) is 0 Å². The van der Waals surface area contributed by atoms with E-state index in [4.69, 9.17) is 0 Å². The molecule has 0 aliphatic carbocycles. The number of phenolic OH excluding ortho intramolecular Hbond substituents is 2. The summed E-state index contributed by atoms with van der Waals surface area (Å²) < 4.78 is 1.44. The molecule has 28 heavy (non-hydrogen) atoms. The van der Waals surface area contributed by atoms with Crippen molar-refractivity contribution in [1.82, 2.24) is 9.55 Å². The number of phenols is 2. The largest absolute Gasteiger partial charge is 0.508 e. The van der Waals surface area contributed by atoms with Crippen LogP contribution in [0.3, 0.4) is 0 Å². The second-order valence-electron chi connectivity index (χ2n) is 6.04. The third-order valence-electron chi connectivity index (χ3n) is 4.17. The monoisotopic (exact) mass is 372 g/mol. The predicted molar refractivity (Wildman–Crippen MR) is 108 cm³/mol. The molecule has 0 unspecified atom stereocenters. The lowest BCUT2D eigenvalue weighted by molar-refractivity contribution is 0.450. The minimum absolute atomic E-state index is 0.0447. The summed E-state index contributed by atoms with van der Waals surface area (Å²) in [6, 6.07) is 20.4. The molecule has 4 aromatic rings. The molecule has 0 atom stereocenters. The maximum absolute atomic E-state index is 13.0. The molecule has 0 amide bonds. The van der Waals surface area contributed by atoms with Gasteiger partial charge in [-0.3, -0.25) is 4.79 Å². The van der Waals surface area contributed by atoms with Crippen LogP contribution in [0, 0.1) is 0 Å². The smallest absolute Gasteiger partial charge is 0.267 e. The number of rotatable bonds is 4. The molecule has 138 valence electrons. The van der Waals surface area contributed by atoms with Gasteiger partial charge in [0.25, 0.3) is 5.56 Å². The highest BCUT2D eigenvalue weighted by Gasteiger charge is 2.12. The van der Waals surface area contributed by atoms with Gasteiger partial charge in [-0.2, -0.15) is 5.10 Å². The summed E-state index contributed by atoms with van der Waals surface area (Å²) in [5.41, 5.74) is 4.16. The molecule has 7 nitrogen and oxygen atoms in total. The standard InChI is InChI=1S/C21H16N4O3/c26-16-11-10-14(19(27)12-16)13-22-24-21-23-18-9-5-4-8-17(18)20(28)25(21)15-6-2-1-3-7-15/h1-13,26-27H,(H,23,24). The van der Waals surface area contributed by atoms with E-state index in [2.05, 4.69) is 15.5 Å². The summed E-state index contributed by atoms with van der Waals surface area (Å²) in [5.74, 6) is 0.0820. The minimum Gasteiger partial charge on any atom is -0.508 e. The van der Waals surface area contributed by atoms with Crippen LogP contribution in [0.5, 0.6) is 11.5 Å². The number of hydrogen-bond donors (Lipinski definition) is 3. The minimum atomic E-state index is -0.220. The molecule has 0 aliphatic heterocycles. The number of benzene rings is 3. The van der Waals surface area contributed by atoms with Crippen molar-refractivity contribution in [1.29, 1.82) is 0 Å². The molecular weight excluding hydrogens is 356 g/mol. The molecule has 3 N–H and O–H groups in total. The zero-order valence-corrected chi connectivity index (χ0v) is 14.6. The highest BCUT2D eigenvalue weighted by atomic mass is 16.3. The van der Waals surface area contributed by atoms with Crippen LogP contribution in [0.1, 0.15) is 5.56 Å². The van der Waals surface area contributed by atoms with E-state index in [-0.39, 0.29) is 23.0 Å². The fourth-order valence-electron chi connectivity index (χ4n) is 2.83. The Kier molecular flexibility index (Phi) is 4.47. The lowest BCUT2D eigenvalue weighted by Crippen LogP contribution is -2.22. The summed E-state index contributed by atoms with van der Waals surface area (Å²) in [5, 5.41) is 23.8. The van der Waals surface area contributed by atoms with Gasteiger partial charge >= 0.3 is 0 Å². The molecule has 1 heterocycles. The molecule has 0 fully saturated rings. The molecule has 4 rings (SSSR count). The second kappa shape index (κ2) is 7.24. The van der Waals surface area contributed by atoms with E-state index >= 15 is 0 Å². The second-order valence-corrected chi connectivity index (χ2v) is 6.04. The lowest BCUT2D eigenvalue weighted by atomic mass is 10.2. The van der Waals surface area contributed by atoms with Crippen LogP contribution in [0.4, 0.5) is 5.95 Å². The maximum atomic E-state index is 13.0. The first-order valence-electron chi connectivity index (χ1n) is 8.52. The normalized spacial score (nSPS) is 11.1. The Morgan fingerprint density at radius 2 is 1.71 bits per heavy atom. The molecule has 0 radical (unpaired) electrons. The van der Waals surface area contributed by atoms with Gasteiger partial charge in [-0.25, -0.2) is 15.0 Å². The Morgan fingerprint density at radius 1 is 0.964 bits per heavy atom. The van der Waals surface area contributed by atoms with Gasteiger partial charge in [0.2, 0.25) is 5.95 Å². The lowest BCUT2D eigenvalue weighted by Gasteiger charge is -2.12.